The summed E-state index contributed by atoms with van der Waals surface area (Å²) in [5.41, 5.74) is 0.413. The van der Waals surface area contributed by atoms with Crippen molar-refractivity contribution in [2.24, 2.45) is 0 Å². The highest BCUT2D eigenvalue weighted by Crippen LogP contribution is 2.09. The van der Waals surface area contributed by atoms with Gasteiger partial charge in [0.15, 0.2) is 0 Å². The minimum absolute atomic E-state index is 0.0873. The van der Waals surface area contributed by atoms with E-state index in [1.54, 1.807) is 17.0 Å². The summed E-state index contributed by atoms with van der Waals surface area (Å²) in [6.07, 6.45) is 3.49. The molecule has 0 unspecified atom stereocenters. The van der Waals surface area contributed by atoms with Gasteiger partial charge in [0.25, 0.3) is 5.91 Å². The second-order valence-corrected chi connectivity index (χ2v) is 4.51. The zero-order valence-electron chi connectivity index (χ0n) is 9.83. The zero-order chi connectivity index (χ0) is 12.7. The molecule has 1 heterocycles. The Kier molecular flexibility index (Phi) is 6.30. The smallest absolute Gasteiger partial charge is 0.272 e. The van der Waals surface area contributed by atoms with Crippen LogP contribution >= 0.6 is 23.2 Å². The molecule has 0 saturated heterocycles. The van der Waals surface area contributed by atoms with Crippen molar-refractivity contribution < 1.29 is 4.79 Å². The molecule has 0 aliphatic rings. The molecule has 1 aromatic rings. The number of hydrogen-bond donors (Lipinski definition) is 0. The molecule has 1 aromatic heterocycles. The fourth-order valence-electron chi connectivity index (χ4n) is 1.43. The maximum atomic E-state index is 12.1. The van der Waals surface area contributed by atoms with Gasteiger partial charge >= 0.3 is 0 Å². The third kappa shape index (κ3) is 4.52. The van der Waals surface area contributed by atoms with Crippen LogP contribution in [-0.4, -0.2) is 34.8 Å². The first kappa shape index (κ1) is 14.3. The van der Waals surface area contributed by atoms with Crippen molar-refractivity contribution in [1.82, 2.24) is 9.88 Å². The number of amides is 1. The van der Waals surface area contributed by atoms with E-state index >= 15 is 0 Å². The number of carbonyl (C=O) groups is 1. The number of carbonyl (C=O) groups excluding carboxylic acids is 1. The predicted octanol–water partition coefficient (Wildman–Crippen LogP) is 3.22. The van der Waals surface area contributed by atoms with Gasteiger partial charge in [0, 0.05) is 25.2 Å². The van der Waals surface area contributed by atoms with Gasteiger partial charge in [-0.05, 0) is 18.6 Å². The Balaban J connectivity index is 2.72. The second-order valence-electron chi connectivity index (χ2n) is 3.70. The summed E-state index contributed by atoms with van der Waals surface area (Å²) in [6, 6.07) is 3.30. The van der Waals surface area contributed by atoms with Gasteiger partial charge < -0.3 is 4.90 Å². The average molecular weight is 275 g/mol. The number of rotatable bonds is 6. The van der Waals surface area contributed by atoms with Gasteiger partial charge in [0.1, 0.15) is 5.69 Å². The molecule has 0 aliphatic heterocycles. The summed E-state index contributed by atoms with van der Waals surface area (Å²) in [5.74, 6) is 0.346. The van der Waals surface area contributed by atoms with Crippen molar-refractivity contribution >= 4 is 29.1 Å². The molecule has 0 aromatic carbocycles. The topological polar surface area (TPSA) is 33.2 Å². The van der Waals surface area contributed by atoms with Crippen LogP contribution in [0.3, 0.4) is 0 Å². The first-order valence-corrected chi connectivity index (χ1v) is 6.57. The highest BCUT2D eigenvalue weighted by Gasteiger charge is 2.15. The normalized spacial score (nSPS) is 10.3. The largest absolute Gasteiger partial charge is 0.336 e. The van der Waals surface area contributed by atoms with Gasteiger partial charge in [-0.2, -0.15) is 0 Å². The summed E-state index contributed by atoms with van der Waals surface area (Å²) in [5, 5.41) is 0.527. The van der Waals surface area contributed by atoms with E-state index < -0.39 is 0 Å². The molecule has 1 amide bonds. The number of halogens is 2. The number of nitrogens with zero attached hydrogens (tertiary/aromatic N) is 2. The summed E-state index contributed by atoms with van der Waals surface area (Å²) in [7, 11) is 0. The van der Waals surface area contributed by atoms with Crippen molar-refractivity contribution in [1.29, 1.82) is 0 Å². The molecule has 17 heavy (non-hydrogen) atoms. The Morgan fingerprint density at radius 2 is 2.18 bits per heavy atom. The van der Waals surface area contributed by atoms with Crippen LogP contribution in [0.25, 0.3) is 0 Å². The Bertz CT molecular complexity index is 354. The fourth-order valence-corrected chi connectivity index (χ4v) is 1.75. The summed E-state index contributed by atoms with van der Waals surface area (Å²) >= 11 is 11.4. The van der Waals surface area contributed by atoms with Crippen molar-refractivity contribution in [2.45, 2.75) is 19.8 Å². The minimum atomic E-state index is -0.0873. The highest BCUT2D eigenvalue weighted by molar-refractivity contribution is 6.30. The average Bonchev–Trinajstić information content (AvgIpc) is 2.34. The predicted molar refractivity (Wildman–Crippen MR) is 70.8 cm³/mol. The zero-order valence-corrected chi connectivity index (χ0v) is 11.3. The number of hydrogen-bond acceptors (Lipinski definition) is 2. The van der Waals surface area contributed by atoms with E-state index in [9.17, 15) is 4.79 Å². The van der Waals surface area contributed by atoms with Crippen LogP contribution in [0.4, 0.5) is 0 Å². The molecule has 94 valence electrons. The lowest BCUT2D eigenvalue weighted by Crippen LogP contribution is -2.34. The van der Waals surface area contributed by atoms with E-state index in [2.05, 4.69) is 11.9 Å². The second kappa shape index (κ2) is 7.51. The lowest BCUT2D eigenvalue weighted by atomic mass is 10.2. The summed E-state index contributed by atoms with van der Waals surface area (Å²) in [4.78, 5) is 17.9. The molecule has 3 nitrogen and oxygen atoms in total. The number of aromatic nitrogens is 1. The molecular weight excluding hydrogens is 259 g/mol. The molecule has 5 heteroatoms. The Labute approximate surface area is 112 Å². The van der Waals surface area contributed by atoms with Crippen molar-refractivity contribution in [3.8, 4) is 0 Å². The van der Waals surface area contributed by atoms with Crippen LogP contribution in [0.15, 0.2) is 18.3 Å². The van der Waals surface area contributed by atoms with Gasteiger partial charge in [-0.3, -0.25) is 4.79 Å². The van der Waals surface area contributed by atoms with Crippen LogP contribution in [-0.2, 0) is 0 Å². The fraction of sp³-hybridized carbons (Fsp3) is 0.500. The monoisotopic (exact) mass is 274 g/mol. The van der Waals surface area contributed by atoms with Crippen LogP contribution in [0.1, 0.15) is 30.3 Å². The van der Waals surface area contributed by atoms with Crippen LogP contribution in [0.5, 0.6) is 0 Å². The lowest BCUT2D eigenvalue weighted by Gasteiger charge is -2.20. The Morgan fingerprint density at radius 1 is 1.41 bits per heavy atom. The Morgan fingerprint density at radius 3 is 2.71 bits per heavy atom. The number of pyridine rings is 1. The van der Waals surface area contributed by atoms with Crippen molar-refractivity contribution in [3.63, 3.8) is 0 Å². The molecule has 0 atom stereocenters. The van der Waals surface area contributed by atoms with Crippen molar-refractivity contribution in [3.05, 3.63) is 29.0 Å². The van der Waals surface area contributed by atoms with E-state index in [4.69, 9.17) is 23.2 Å². The molecular formula is C12H16Cl2N2O. The van der Waals surface area contributed by atoms with E-state index in [0.29, 0.717) is 29.7 Å². The molecule has 0 radical (unpaired) electrons. The molecule has 0 N–H and O–H groups in total. The first-order chi connectivity index (χ1) is 8.19. The SMILES string of the molecule is CCCCN(CCCl)C(=O)c1ccc(Cl)cn1. The van der Waals surface area contributed by atoms with E-state index in [1.807, 2.05) is 0 Å². The maximum absolute atomic E-state index is 12.1. The van der Waals surface area contributed by atoms with Gasteiger partial charge in [-0.1, -0.05) is 24.9 Å². The maximum Gasteiger partial charge on any atom is 0.272 e. The van der Waals surface area contributed by atoms with Crippen molar-refractivity contribution in [2.75, 3.05) is 19.0 Å². The van der Waals surface area contributed by atoms with Crippen LogP contribution in [0.2, 0.25) is 5.02 Å². The van der Waals surface area contributed by atoms with E-state index in [0.717, 1.165) is 12.8 Å². The first-order valence-electron chi connectivity index (χ1n) is 5.65. The standard InChI is InChI=1S/C12H16Cl2N2O/c1-2-3-7-16(8-6-13)12(17)11-5-4-10(14)9-15-11/h4-5,9H,2-3,6-8H2,1H3. The molecule has 0 fully saturated rings. The van der Waals surface area contributed by atoms with Gasteiger partial charge in [-0.15, -0.1) is 11.6 Å². The van der Waals surface area contributed by atoms with Crippen LogP contribution in [0, 0.1) is 0 Å². The van der Waals surface area contributed by atoms with Crippen LogP contribution < -0.4 is 0 Å². The minimum Gasteiger partial charge on any atom is -0.336 e. The summed E-state index contributed by atoms with van der Waals surface area (Å²) in [6.45, 7) is 3.35. The quantitative estimate of drug-likeness (QED) is 0.747. The molecule has 0 bridgehead atoms. The van der Waals surface area contributed by atoms with E-state index in [1.165, 1.54) is 6.20 Å². The number of unbranched alkanes of at least 4 members (excludes halogenated alkanes) is 1. The molecule has 1 rings (SSSR count). The van der Waals surface area contributed by atoms with Gasteiger partial charge in [-0.25, -0.2) is 4.98 Å². The number of alkyl halides is 1. The molecule has 0 aliphatic carbocycles. The van der Waals surface area contributed by atoms with Gasteiger partial charge in [0.05, 0.1) is 5.02 Å². The van der Waals surface area contributed by atoms with Gasteiger partial charge in [0.2, 0.25) is 0 Å². The third-order valence-electron chi connectivity index (χ3n) is 2.37. The summed E-state index contributed by atoms with van der Waals surface area (Å²) < 4.78 is 0. The lowest BCUT2D eigenvalue weighted by molar-refractivity contribution is 0.0757. The molecule has 0 spiro atoms. The molecule has 0 saturated carbocycles. The third-order valence-corrected chi connectivity index (χ3v) is 2.76. The highest BCUT2D eigenvalue weighted by atomic mass is 35.5. The Hall–Kier alpha value is -0.800. The van der Waals surface area contributed by atoms with E-state index in [-0.39, 0.29) is 5.91 Å².